The minimum Gasteiger partial charge on any atom is -0.505 e. The molecule has 0 saturated carbocycles. The highest BCUT2D eigenvalue weighted by molar-refractivity contribution is 7.85. The Morgan fingerprint density at radius 2 is 1.31 bits per heavy atom. The average Bonchev–Trinajstić information content (AvgIpc) is 2.87. The molecule has 4 aromatic carbocycles. The molecule has 39 heavy (non-hydrogen) atoms. The molecular weight excluding hydrogens is 540 g/mol. The fourth-order valence-corrected chi connectivity index (χ4v) is 3.85. The molecule has 0 aliphatic heterocycles. The molecule has 0 unspecified atom stereocenters. The van der Waals surface area contributed by atoms with Crippen molar-refractivity contribution in [2.45, 2.75) is 4.90 Å². The van der Waals surface area contributed by atoms with Gasteiger partial charge in [-0.25, -0.2) is 0 Å². The van der Waals surface area contributed by atoms with E-state index in [1.54, 1.807) is 12.1 Å². The fraction of sp³-hybridized carbons (Fsp3) is 0. The normalized spacial score (nSPS) is 11.9. The van der Waals surface area contributed by atoms with Gasteiger partial charge in [-0.05, 0) is 23.6 Å². The van der Waals surface area contributed by atoms with E-state index in [-0.39, 0.29) is 22.0 Å². The Labute approximate surface area is 216 Å². The van der Waals surface area contributed by atoms with E-state index in [1.165, 1.54) is 24.3 Å². The maximum absolute atomic E-state index is 11.4. The molecule has 16 nitrogen and oxygen atoms in total. The van der Waals surface area contributed by atoms with Gasteiger partial charge in [-0.15, -0.1) is 20.5 Å². The maximum Gasteiger partial charge on any atom is 0.319 e. The molecule has 0 spiro atoms. The number of hydrogen-bond donors (Lipinski definition) is 4. The number of azo groups is 2. The van der Waals surface area contributed by atoms with E-state index in [0.29, 0.717) is 16.8 Å². The monoisotopic (exact) mass is 554 g/mol. The zero-order valence-corrected chi connectivity index (χ0v) is 19.9. The van der Waals surface area contributed by atoms with Gasteiger partial charge < -0.3 is 15.3 Å². The quantitative estimate of drug-likeness (QED) is 0.0916. The Hall–Kier alpha value is -5.55. The van der Waals surface area contributed by atoms with Gasteiger partial charge in [0.2, 0.25) is 5.75 Å². The minimum atomic E-state index is -4.43. The summed E-state index contributed by atoms with van der Waals surface area (Å²) >= 11 is 0. The molecule has 0 aliphatic rings. The minimum absolute atomic E-state index is 0.220. The van der Waals surface area contributed by atoms with Gasteiger partial charge in [0.25, 0.3) is 15.8 Å². The third-order valence-corrected chi connectivity index (χ3v) is 6.04. The van der Waals surface area contributed by atoms with Crippen LogP contribution >= 0.6 is 0 Å². The van der Waals surface area contributed by atoms with Crippen molar-refractivity contribution in [3.8, 4) is 17.2 Å². The van der Waals surface area contributed by atoms with Crippen molar-refractivity contribution in [2.24, 2.45) is 20.5 Å². The summed E-state index contributed by atoms with van der Waals surface area (Å²) in [5.41, 5.74) is -2.67. The molecule has 0 amide bonds. The second-order valence-corrected chi connectivity index (χ2v) is 9.13. The van der Waals surface area contributed by atoms with E-state index in [2.05, 4.69) is 20.5 Å². The summed E-state index contributed by atoms with van der Waals surface area (Å²) in [4.78, 5) is 19.9. The summed E-state index contributed by atoms with van der Waals surface area (Å²) in [5.74, 6) is -2.14. The summed E-state index contributed by atoms with van der Waals surface area (Å²) in [6.45, 7) is 0. The second kappa shape index (κ2) is 10.1. The molecule has 4 rings (SSSR count). The SMILES string of the molecule is O=[N+]([O-])c1cc(N=Nc2cc(N=Nc3cccc4cc(S(=O)(=O)O)ccc34)c(O)cc2O)c(O)c([N+](=O)[O-])c1. The number of benzene rings is 4. The summed E-state index contributed by atoms with van der Waals surface area (Å²) in [6, 6.07) is 11.6. The van der Waals surface area contributed by atoms with Crippen LogP contribution in [0.15, 0.2) is 86.0 Å². The second-order valence-electron chi connectivity index (χ2n) is 7.71. The average molecular weight is 554 g/mol. The van der Waals surface area contributed by atoms with Gasteiger partial charge in [0.1, 0.15) is 28.6 Å². The highest BCUT2D eigenvalue weighted by Crippen LogP contribution is 2.43. The highest BCUT2D eigenvalue weighted by atomic mass is 32.2. The van der Waals surface area contributed by atoms with Crippen LogP contribution in [0.5, 0.6) is 17.2 Å². The zero-order chi connectivity index (χ0) is 28.5. The van der Waals surface area contributed by atoms with Crippen molar-refractivity contribution in [2.75, 3.05) is 0 Å². The molecule has 0 bridgehead atoms. The van der Waals surface area contributed by atoms with Crippen LogP contribution in [0.1, 0.15) is 0 Å². The van der Waals surface area contributed by atoms with Crippen LogP contribution in [0.4, 0.5) is 34.1 Å². The molecule has 0 heterocycles. The smallest absolute Gasteiger partial charge is 0.319 e. The molecule has 0 radical (unpaired) electrons. The van der Waals surface area contributed by atoms with Crippen LogP contribution in [0.3, 0.4) is 0 Å². The number of fused-ring (bicyclic) bond motifs is 1. The van der Waals surface area contributed by atoms with Crippen LogP contribution in [0.25, 0.3) is 10.8 Å². The molecule has 4 N–H and O–H groups in total. The Morgan fingerprint density at radius 1 is 0.692 bits per heavy atom. The van der Waals surface area contributed by atoms with Crippen molar-refractivity contribution >= 4 is 55.0 Å². The number of nitrogens with zero attached hydrogens (tertiary/aromatic N) is 6. The summed E-state index contributed by atoms with van der Waals surface area (Å²) in [5, 5.41) is 68.6. The largest absolute Gasteiger partial charge is 0.505 e. The van der Waals surface area contributed by atoms with Crippen molar-refractivity contribution in [3.63, 3.8) is 0 Å². The van der Waals surface area contributed by atoms with E-state index in [4.69, 9.17) is 0 Å². The lowest BCUT2D eigenvalue weighted by molar-refractivity contribution is -0.394. The molecule has 17 heteroatoms. The number of phenolic OH excluding ortho intramolecular Hbond substituents is 3. The Kier molecular flexibility index (Phi) is 6.85. The highest BCUT2D eigenvalue weighted by Gasteiger charge is 2.24. The van der Waals surface area contributed by atoms with E-state index in [0.717, 1.165) is 18.2 Å². The number of aromatic hydroxyl groups is 3. The molecule has 198 valence electrons. The molecule has 0 aromatic heterocycles. The number of rotatable bonds is 7. The van der Waals surface area contributed by atoms with Crippen molar-refractivity contribution in [1.29, 1.82) is 0 Å². The first kappa shape index (κ1) is 26.5. The lowest BCUT2D eigenvalue weighted by Crippen LogP contribution is -1.97. The Balaban J connectivity index is 1.72. The molecule has 0 saturated heterocycles. The zero-order valence-electron chi connectivity index (χ0n) is 19.1. The summed E-state index contributed by atoms with van der Waals surface area (Å²) in [7, 11) is -4.43. The van der Waals surface area contributed by atoms with Gasteiger partial charge >= 0.3 is 5.69 Å². The van der Waals surface area contributed by atoms with Crippen LogP contribution in [-0.4, -0.2) is 38.1 Å². The maximum atomic E-state index is 11.4. The molecule has 4 aromatic rings. The Bertz CT molecular complexity index is 1840. The van der Waals surface area contributed by atoms with E-state index < -0.39 is 54.3 Å². The van der Waals surface area contributed by atoms with Crippen LogP contribution in [0.2, 0.25) is 0 Å². The molecule has 0 atom stereocenters. The van der Waals surface area contributed by atoms with E-state index in [1.807, 2.05) is 0 Å². The third-order valence-electron chi connectivity index (χ3n) is 5.19. The predicted octanol–water partition coefficient (Wildman–Crippen LogP) is 5.85. The van der Waals surface area contributed by atoms with Gasteiger partial charge in [-0.1, -0.05) is 18.2 Å². The number of hydrogen-bond acceptors (Lipinski definition) is 13. The van der Waals surface area contributed by atoms with Gasteiger partial charge in [0.15, 0.2) is 0 Å². The lowest BCUT2D eigenvalue weighted by Gasteiger charge is -2.05. The first-order chi connectivity index (χ1) is 18.3. The standard InChI is InChI=1S/C22H14N6O10S/c29-20-10-21(30)17(25-26-18-7-12(27(32)33)8-19(22(18)31)28(34)35)9-16(20)24-23-15-3-1-2-11-6-13(39(36,37)38)4-5-14(11)15/h1-10,29-31H,(H,36,37,38). The number of phenols is 3. The third kappa shape index (κ3) is 5.58. The van der Waals surface area contributed by atoms with Gasteiger partial charge in [0.05, 0.1) is 26.5 Å². The van der Waals surface area contributed by atoms with Crippen LogP contribution in [0, 0.1) is 20.2 Å². The number of nitro groups is 2. The van der Waals surface area contributed by atoms with Gasteiger partial charge in [-0.3, -0.25) is 24.8 Å². The summed E-state index contributed by atoms with van der Waals surface area (Å²) < 4.78 is 32.0. The number of non-ortho nitro benzene ring substituents is 1. The number of nitro benzene ring substituents is 2. The van der Waals surface area contributed by atoms with Crippen LogP contribution < -0.4 is 0 Å². The first-order valence-corrected chi connectivity index (χ1v) is 11.8. The lowest BCUT2D eigenvalue weighted by atomic mass is 10.1. The van der Waals surface area contributed by atoms with Crippen molar-refractivity contribution in [1.82, 2.24) is 0 Å². The molecule has 0 fully saturated rings. The predicted molar refractivity (Wildman–Crippen MR) is 133 cm³/mol. The Morgan fingerprint density at radius 3 is 1.90 bits per heavy atom. The fourth-order valence-electron chi connectivity index (χ4n) is 3.33. The van der Waals surface area contributed by atoms with Crippen LogP contribution in [-0.2, 0) is 10.1 Å². The van der Waals surface area contributed by atoms with Gasteiger partial charge in [0, 0.05) is 23.6 Å². The van der Waals surface area contributed by atoms with Crippen molar-refractivity contribution in [3.05, 3.63) is 80.9 Å². The molecule has 0 aliphatic carbocycles. The van der Waals surface area contributed by atoms with Crippen molar-refractivity contribution < 1.29 is 38.1 Å². The van der Waals surface area contributed by atoms with E-state index >= 15 is 0 Å². The summed E-state index contributed by atoms with van der Waals surface area (Å²) in [6.07, 6.45) is 0. The van der Waals surface area contributed by atoms with E-state index in [9.17, 15) is 48.5 Å². The first-order valence-electron chi connectivity index (χ1n) is 10.4. The topological polar surface area (TPSA) is 251 Å². The van der Waals surface area contributed by atoms with Gasteiger partial charge in [-0.2, -0.15) is 8.42 Å². The molecular formula is C22H14N6O10S.